The summed E-state index contributed by atoms with van der Waals surface area (Å²) in [6.07, 6.45) is 3.00. The van der Waals surface area contributed by atoms with Crippen molar-refractivity contribution in [1.29, 1.82) is 0 Å². The first kappa shape index (κ1) is 16.9. The largest absolute Gasteiger partial charge is 0.393 e. The number of anilines is 3. The summed E-state index contributed by atoms with van der Waals surface area (Å²) >= 11 is 0. The summed E-state index contributed by atoms with van der Waals surface area (Å²) in [7, 11) is 0. The molecule has 0 atom stereocenters. The van der Waals surface area contributed by atoms with Gasteiger partial charge < -0.3 is 15.5 Å². The molecule has 1 aliphatic rings. The molecule has 1 amide bonds. The zero-order valence-corrected chi connectivity index (χ0v) is 14.1. The number of rotatable bonds is 5. The normalized spacial score (nSPS) is 15.0. The van der Waals surface area contributed by atoms with Crippen molar-refractivity contribution < 1.29 is 4.79 Å². The highest BCUT2D eigenvalue weighted by molar-refractivity contribution is 5.93. The molecule has 0 unspecified atom stereocenters. The van der Waals surface area contributed by atoms with Crippen molar-refractivity contribution in [2.75, 3.05) is 48.8 Å². The van der Waals surface area contributed by atoms with Crippen molar-refractivity contribution in [3.05, 3.63) is 36.4 Å². The van der Waals surface area contributed by atoms with Crippen LogP contribution in [0.15, 0.2) is 30.7 Å². The molecule has 1 fully saturated rings. The molecule has 0 bridgehead atoms. The number of hydrogen-bond acceptors (Lipinski definition) is 8. The van der Waals surface area contributed by atoms with E-state index < -0.39 is 0 Å². The fourth-order valence-corrected chi connectivity index (χ4v) is 2.69. The highest BCUT2D eigenvalue weighted by atomic mass is 16.2. The number of hydrogen-bond donors (Lipinski definition) is 3. The van der Waals surface area contributed by atoms with Gasteiger partial charge in [-0.25, -0.2) is 9.97 Å². The number of carbonyl (C=O) groups excluding carboxylic acids is 1. The average molecular weight is 342 g/mol. The van der Waals surface area contributed by atoms with E-state index in [1.165, 1.54) is 6.33 Å². The van der Waals surface area contributed by atoms with Gasteiger partial charge in [-0.1, -0.05) is 13.0 Å². The Bertz CT molecular complexity index is 715. The number of aromatic nitrogens is 3. The third-order valence-electron chi connectivity index (χ3n) is 4.17. The van der Waals surface area contributed by atoms with Gasteiger partial charge in [-0.15, -0.1) is 0 Å². The van der Waals surface area contributed by atoms with Gasteiger partial charge in [-0.05, 0) is 18.7 Å². The predicted molar refractivity (Wildman–Crippen MR) is 96.1 cm³/mol. The van der Waals surface area contributed by atoms with Gasteiger partial charge >= 0.3 is 0 Å². The van der Waals surface area contributed by atoms with Crippen molar-refractivity contribution in [2.45, 2.75) is 6.92 Å². The van der Waals surface area contributed by atoms with Crippen LogP contribution in [-0.2, 0) is 0 Å². The summed E-state index contributed by atoms with van der Waals surface area (Å²) in [5, 5.41) is 0. The van der Waals surface area contributed by atoms with E-state index in [1.54, 1.807) is 24.4 Å². The summed E-state index contributed by atoms with van der Waals surface area (Å²) < 4.78 is 0. The first-order valence-electron chi connectivity index (χ1n) is 8.24. The van der Waals surface area contributed by atoms with Gasteiger partial charge in [0.15, 0.2) is 11.6 Å². The van der Waals surface area contributed by atoms with Crippen LogP contribution in [0, 0.1) is 0 Å². The lowest BCUT2D eigenvalue weighted by atomic mass is 10.3. The molecule has 1 saturated heterocycles. The number of nitrogens with one attached hydrogen (secondary N) is 2. The number of likely N-dealkylation sites (N-methyl/N-ethyl adjacent to an activating group) is 1. The highest BCUT2D eigenvalue weighted by Gasteiger charge is 2.20. The second-order valence-electron chi connectivity index (χ2n) is 5.67. The molecule has 0 saturated carbocycles. The summed E-state index contributed by atoms with van der Waals surface area (Å²) in [4.78, 5) is 29.0. The van der Waals surface area contributed by atoms with E-state index in [4.69, 9.17) is 5.73 Å². The maximum absolute atomic E-state index is 12.0. The minimum Gasteiger partial charge on any atom is -0.393 e. The lowest BCUT2D eigenvalue weighted by Crippen LogP contribution is -2.46. The zero-order chi connectivity index (χ0) is 17.6. The fraction of sp³-hybridized carbons (Fsp3) is 0.375. The summed E-state index contributed by atoms with van der Waals surface area (Å²) in [6, 6.07) is 5.12. The molecule has 3 rings (SSSR count). The van der Waals surface area contributed by atoms with Gasteiger partial charge in [-0.3, -0.25) is 20.6 Å². The zero-order valence-electron chi connectivity index (χ0n) is 14.1. The van der Waals surface area contributed by atoms with Crippen LogP contribution in [-0.4, -0.2) is 58.5 Å². The molecule has 132 valence electrons. The molecular formula is C16H22N8O. The molecule has 2 aromatic heterocycles. The number of carbonyl (C=O) groups is 1. The van der Waals surface area contributed by atoms with E-state index in [-0.39, 0.29) is 5.91 Å². The third-order valence-corrected chi connectivity index (χ3v) is 4.17. The molecule has 4 N–H and O–H groups in total. The molecule has 0 aromatic carbocycles. The van der Waals surface area contributed by atoms with E-state index >= 15 is 0 Å². The minimum atomic E-state index is -0.364. The Morgan fingerprint density at radius 1 is 1.20 bits per heavy atom. The number of amides is 1. The maximum atomic E-state index is 12.0. The van der Waals surface area contributed by atoms with Crippen LogP contribution in [0.1, 0.15) is 17.4 Å². The lowest BCUT2D eigenvalue weighted by Gasteiger charge is -2.35. The number of nitrogens with zero attached hydrogens (tertiary/aromatic N) is 5. The highest BCUT2D eigenvalue weighted by Crippen LogP contribution is 2.26. The minimum absolute atomic E-state index is 0.304. The van der Waals surface area contributed by atoms with Crippen LogP contribution in [0.3, 0.4) is 0 Å². The monoisotopic (exact) mass is 342 g/mol. The van der Waals surface area contributed by atoms with Crippen molar-refractivity contribution in [3.8, 4) is 0 Å². The molecule has 0 aliphatic carbocycles. The lowest BCUT2D eigenvalue weighted by molar-refractivity contribution is 0.0957. The van der Waals surface area contributed by atoms with Crippen molar-refractivity contribution >= 4 is 23.2 Å². The summed E-state index contributed by atoms with van der Waals surface area (Å²) in [5.41, 5.74) is 12.2. The Balaban J connectivity index is 1.66. The SMILES string of the molecule is CCN1CCN(c2ncnc(NNC(=O)c3ccccn3)c2N)CC1. The van der Waals surface area contributed by atoms with Crippen LogP contribution in [0.25, 0.3) is 0 Å². The van der Waals surface area contributed by atoms with E-state index in [0.29, 0.717) is 23.0 Å². The Hall–Kier alpha value is -2.94. The topological polar surface area (TPSA) is 112 Å². The Labute approximate surface area is 146 Å². The van der Waals surface area contributed by atoms with Gasteiger partial charge in [0.1, 0.15) is 17.7 Å². The molecule has 9 heteroatoms. The second kappa shape index (κ2) is 7.75. The molecular weight excluding hydrogens is 320 g/mol. The van der Waals surface area contributed by atoms with Crippen LogP contribution in [0.4, 0.5) is 17.3 Å². The number of pyridine rings is 1. The average Bonchev–Trinajstić information content (AvgIpc) is 2.68. The van der Waals surface area contributed by atoms with Crippen LogP contribution in [0.5, 0.6) is 0 Å². The smallest absolute Gasteiger partial charge is 0.288 e. The second-order valence-corrected chi connectivity index (χ2v) is 5.67. The number of nitrogen functional groups attached to an aromatic ring is 1. The van der Waals surface area contributed by atoms with E-state index in [0.717, 1.165) is 32.7 Å². The van der Waals surface area contributed by atoms with Crippen LogP contribution < -0.4 is 21.5 Å². The van der Waals surface area contributed by atoms with Gasteiger partial charge in [0, 0.05) is 32.4 Å². The van der Waals surface area contributed by atoms with Crippen molar-refractivity contribution in [2.24, 2.45) is 0 Å². The van der Waals surface area contributed by atoms with Gasteiger partial charge in [0.05, 0.1) is 0 Å². The number of nitrogens with two attached hydrogens (primary N) is 1. The molecule has 0 spiro atoms. The van der Waals surface area contributed by atoms with Crippen LogP contribution in [0.2, 0.25) is 0 Å². The van der Waals surface area contributed by atoms with Gasteiger partial charge in [0.25, 0.3) is 5.91 Å². The molecule has 3 heterocycles. The molecule has 9 nitrogen and oxygen atoms in total. The summed E-state index contributed by atoms with van der Waals surface area (Å²) in [6.45, 7) is 6.85. The fourth-order valence-electron chi connectivity index (χ4n) is 2.69. The quantitative estimate of drug-likeness (QED) is 0.668. The van der Waals surface area contributed by atoms with Gasteiger partial charge in [-0.2, -0.15) is 0 Å². The van der Waals surface area contributed by atoms with Crippen molar-refractivity contribution in [1.82, 2.24) is 25.3 Å². The van der Waals surface area contributed by atoms with Crippen LogP contribution >= 0.6 is 0 Å². The van der Waals surface area contributed by atoms with E-state index in [1.807, 2.05) is 0 Å². The first-order valence-corrected chi connectivity index (χ1v) is 8.24. The molecule has 25 heavy (non-hydrogen) atoms. The Kier molecular flexibility index (Phi) is 5.24. The first-order chi connectivity index (χ1) is 12.2. The van der Waals surface area contributed by atoms with E-state index in [2.05, 4.69) is 42.5 Å². The third kappa shape index (κ3) is 3.94. The number of hydrazine groups is 1. The standard InChI is InChI=1S/C16H22N8O/c1-2-23-7-9-24(10-8-23)15-13(17)14(19-11-20-15)21-22-16(25)12-5-3-4-6-18-12/h3-6,11H,2,7-10,17H2,1H3,(H,22,25)(H,19,20,21). The molecule has 2 aromatic rings. The predicted octanol–water partition coefficient (Wildman–Crippen LogP) is 0.353. The Morgan fingerprint density at radius 2 is 2.00 bits per heavy atom. The van der Waals surface area contributed by atoms with Crippen molar-refractivity contribution in [3.63, 3.8) is 0 Å². The summed E-state index contributed by atoms with van der Waals surface area (Å²) in [5.74, 6) is 0.685. The Morgan fingerprint density at radius 3 is 2.68 bits per heavy atom. The molecule has 0 radical (unpaired) electrons. The maximum Gasteiger partial charge on any atom is 0.288 e. The van der Waals surface area contributed by atoms with E-state index in [9.17, 15) is 4.79 Å². The number of piperazine rings is 1. The van der Waals surface area contributed by atoms with Gasteiger partial charge in [0.2, 0.25) is 0 Å². The molecule has 1 aliphatic heterocycles.